The molecule has 168 valence electrons. The Hall–Kier alpha value is -3.68. The Morgan fingerprint density at radius 3 is 2.44 bits per heavy atom. The molecule has 1 fully saturated rings. The molecule has 7 nitrogen and oxygen atoms in total. The molecule has 3 rings (SSSR count). The Balaban J connectivity index is 1.87. The van der Waals surface area contributed by atoms with Crippen LogP contribution in [0.25, 0.3) is 0 Å². The fourth-order valence-corrected chi connectivity index (χ4v) is 3.61. The SMILES string of the molecule is C=CC(=O)N1CCN(C(=O)C(Oc2ccc(C(=O)O)cc2)c2ccc(C)c(F)c2)C[C@H]1C. The minimum Gasteiger partial charge on any atom is -0.478 e. The summed E-state index contributed by atoms with van der Waals surface area (Å²) in [5.41, 5.74) is 0.868. The third kappa shape index (κ3) is 4.96. The molecule has 0 aliphatic carbocycles. The Morgan fingerprint density at radius 2 is 1.88 bits per heavy atom. The zero-order valence-electron chi connectivity index (χ0n) is 18.0. The maximum atomic E-state index is 14.3. The van der Waals surface area contributed by atoms with Crippen LogP contribution < -0.4 is 4.74 Å². The lowest BCUT2D eigenvalue weighted by molar-refractivity contribution is -0.145. The van der Waals surface area contributed by atoms with Gasteiger partial charge in [0.15, 0.2) is 0 Å². The third-order valence-corrected chi connectivity index (χ3v) is 5.47. The van der Waals surface area contributed by atoms with Crippen LogP contribution in [0.2, 0.25) is 0 Å². The highest BCUT2D eigenvalue weighted by Crippen LogP contribution is 2.27. The summed E-state index contributed by atoms with van der Waals surface area (Å²) < 4.78 is 20.2. The summed E-state index contributed by atoms with van der Waals surface area (Å²) >= 11 is 0. The zero-order valence-corrected chi connectivity index (χ0v) is 18.0. The van der Waals surface area contributed by atoms with Crippen molar-refractivity contribution in [2.24, 2.45) is 0 Å². The average Bonchev–Trinajstić information content (AvgIpc) is 2.78. The summed E-state index contributed by atoms with van der Waals surface area (Å²) in [5.74, 6) is -1.82. The zero-order chi connectivity index (χ0) is 23.4. The van der Waals surface area contributed by atoms with Crippen LogP contribution >= 0.6 is 0 Å². The van der Waals surface area contributed by atoms with E-state index in [-0.39, 0.29) is 29.2 Å². The van der Waals surface area contributed by atoms with Gasteiger partial charge in [-0.15, -0.1) is 0 Å². The molecule has 8 heteroatoms. The molecule has 2 aromatic rings. The van der Waals surface area contributed by atoms with E-state index in [2.05, 4.69) is 6.58 Å². The summed E-state index contributed by atoms with van der Waals surface area (Å²) in [6.07, 6.45) is 0.116. The van der Waals surface area contributed by atoms with Crippen molar-refractivity contribution < 1.29 is 28.6 Å². The number of nitrogens with zero attached hydrogens (tertiary/aromatic N) is 2. The average molecular weight is 440 g/mol. The molecule has 2 amide bonds. The van der Waals surface area contributed by atoms with E-state index < -0.39 is 17.9 Å². The van der Waals surface area contributed by atoms with Gasteiger partial charge in [0, 0.05) is 31.2 Å². The van der Waals surface area contributed by atoms with Crippen molar-refractivity contribution in [3.8, 4) is 5.75 Å². The second-order valence-electron chi connectivity index (χ2n) is 7.71. The second-order valence-corrected chi connectivity index (χ2v) is 7.71. The van der Waals surface area contributed by atoms with Crippen LogP contribution in [0, 0.1) is 12.7 Å². The maximum Gasteiger partial charge on any atom is 0.335 e. The van der Waals surface area contributed by atoms with Gasteiger partial charge in [-0.25, -0.2) is 9.18 Å². The number of aromatic carboxylic acids is 1. The van der Waals surface area contributed by atoms with Crippen LogP contribution in [0.1, 0.15) is 34.5 Å². The van der Waals surface area contributed by atoms with Crippen LogP contribution in [0.4, 0.5) is 4.39 Å². The minimum atomic E-state index is -1.13. The van der Waals surface area contributed by atoms with Crippen molar-refractivity contribution in [1.82, 2.24) is 9.80 Å². The molecule has 0 saturated carbocycles. The number of carboxylic acid groups (broad SMARTS) is 1. The molecule has 1 unspecified atom stereocenters. The number of hydrogen-bond donors (Lipinski definition) is 1. The summed E-state index contributed by atoms with van der Waals surface area (Å²) in [4.78, 5) is 39.7. The van der Waals surface area contributed by atoms with Gasteiger partial charge in [-0.2, -0.15) is 0 Å². The Morgan fingerprint density at radius 1 is 1.19 bits per heavy atom. The van der Waals surface area contributed by atoms with Crippen LogP contribution in [0.3, 0.4) is 0 Å². The number of carbonyl (C=O) groups is 3. The van der Waals surface area contributed by atoms with Crippen LogP contribution in [0.15, 0.2) is 55.1 Å². The number of ether oxygens (including phenoxy) is 1. The van der Waals surface area contributed by atoms with Crippen molar-refractivity contribution in [1.29, 1.82) is 0 Å². The molecule has 1 saturated heterocycles. The summed E-state index contributed by atoms with van der Waals surface area (Å²) in [6.45, 7) is 7.92. The number of halogens is 1. The van der Waals surface area contributed by atoms with Gasteiger partial charge in [-0.05, 0) is 55.8 Å². The van der Waals surface area contributed by atoms with Crippen LogP contribution in [0.5, 0.6) is 5.75 Å². The lowest BCUT2D eigenvalue weighted by atomic mass is 10.0. The molecule has 1 N–H and O–H groups in total. The van der Waals surface area contributed by atoms with E-state index in [4.69, 9.17) is 9.84 Å². The lowest BCUT2D eigenvalue weighted by Gasteiger charge is -2.40. The molecule has 0 spiro atoms. The highest BCUT2D eigenvalue weighted by molar-refractivity contribution is 5.88. The quantitative estimate of drug-likeness (QED) is 0.697. The smallest absolute Gasteiger partial charge is 0.335 e. The van der Waals surface area contributed by atoms with Gasteiger partial charge in [0.25, 0.3) is 5.91 Å². The molecule has 2 aromatic carbocycles. The summed E-state index contributed by atoms with van der Waals surface area (Å²) in [7, 11) is 0. The number of aryl methyl sites for hydroxylation is 1. The Kier molecular flexibility index (Phi) is 6.92. The standard InChI is InChI=1S/C24H25FN2O5/c1-4-21(28)27-12-11-26(14-16(27)3)23(29)22(18-6-5-15(2)20(25)13-18)32-19-9-7-17(8-10-19)24(30)31/h4-10,13,16,22H,1,11-12,14H2,2-3H3,(H,30,31)/t16-,22?/m1/s1. The second kappa shape index (κ2) is 9.64. The van der Waals surface area contributed by atoms with Gasteiger partial charge in [0.2, 0.25) is 12.0 Å². The number of benzene rings is 2. The highest BCUT2D eigenvalue weighted by atomic mass is 19.1. The van der Waals surface area contributed by atoms with Gasteiger partial charge in [-0.3, -0.25) is 9.59 Å². The largest absolute Gasteiger partial charge is 0.478 e. The Bertz CT molecular complexity index is 1040. The molecule has 0 aromatic heterocycles. The molecular weight excluding hydrogens is 415 g/mol. The molecular formula is C24H25FN2O5. The monoisotopic (exact) mass is 440 g/mol. The number of carbonyl (C=O) groups excluding carboxylic acids is 2. The lowest BCUT2D eigenvalue weighted by Crippen LogP contribution is -2.56. The Labute approximate surface area is 185 Å². The first-order valence-corrected chi connectivity index (χ1v) is 10.2. The first kappa shape index (κ1) is 23.0. The van der Waals surface area contributed by atoms with E-state index >= 15 is 0 Å². The number of amides is 2. The van der Waals surface area contributed by atoms with Gasteiger partial charge in [-0.1, -0.05) is 18.7 Å². The fourth-order valence-electron chi connectivity index (χ4n) is 3.61. The van der Waals surface area contributed by atoms with Crippen molar-refractivity contribution in [3.05, 3.63) is 77.6 Å². The first-order valence-electron chi connectivity index (χ1n) is 10.2. The van der Waals surface area contributed by atoms with Crippen molar-refractivity contribution in [2.45, 2.75) is 26.0 Å². The van der Waals surface area contributed by atoms with Gasteiger partial charge in [0.1, 0.15) is 11.6 Å². The minimum absolute atomic E-state index is 0.0819. The molecule has 2 atom stereocenters. The fraction of sp³-hybridized carbons (Fsp3) is 0.292. The first-order chi connectivity index (χ1) is 15.2. The van der Waals surface area contributed by atoms with Crippen LogP contribution in [-0.2, 0) is 9.59 Å². The molecule has 0 bridgehead atoms. The van der Waals surface area contributed by atoms with E-state index in [0.29, 0.717) is 30.8 Å². The van der Waals surface area contributed by atoms with Crippen molar-refractivity contribution in [3.63, 3.8) is 0 Å². The third-order valence-electron chi connectivity index (χ3n) is 5.47. The molecule has 1 heterocycles. The number of carboxylic acids is 1. The van der Waals surface area contributed by atoms with Gasteiger partial charge >= 0.3 is 5.97 Å². The number of piperazine rings is 1. The van der Waals surface area contributed by atoms with E-state index in [0.717, 1.165) is 0 Å². The summed E-state index contributed by atoms with van der Waals surface area (Å²) in [6, 6.07) is 9.91. The van der Waals surface area contributed by atoms with E-state index in [1.165, 1.54) is 36.4 Å². The van der Waals surface area contributed by atoms with Crippen molar-refractivity contribution in [2.75, 3.05) is 19.6 Å². The number of rotatable bonds is 6. The van der Waals surface area contributed by atoms with E-state index in [9.17, 15) is 18.8 Å². The topological polar surface area (TPSA) is 87.2 Å². The predicted octanol–water partition coefficient (Wildman–Crippen LogP) is 3.20. The molecule has 1 aliphatic heterocycles. The van der Waals surface area contributed by atoms with Gasteiger partial charge < -0.3 is 19.6 Å². The molecule has 1 aliphatic rings. The molecule has 32 heavy (non-hydrogen) atoms. The number of hydrogen-bond acceptors (Lipinski definition) is 4. The predicted molar refractivity (Wildman–Crippen MR) is 116 cm³/mol. The van der Waals surface area contributed by atoms with E-state index in [1.807, 2.05) is 6.92 Å². The van der Waals surface area contributed by atoms with Crippen molar-refractivity contribution >= 4 is 17.8 Å². The normalized spacial score (nSPS) is 16.9. The van der Waals surface area contributed by atoms with Gasteiger partial charge in [0.05, 0.1) is 5.56 Å². The van der Waals surface area contributed by atoms with E-state index in [1.54, 1.807) is 28.9 Å². The van der Waals surface area contributed by atoms with Crippen LogP contribution in [-0.4, -0.2) is 58.4 Å². The molecule has 0 radical (unpaired) electrons. The summed E-state index contributed by atoms with van der Waals surface area (Å²) in [5, 5.41) is 9.08. The highest BCUT2D eigenvalue weighted by Gasteiger charge is 2.34. The maximum absolute atomic E-state index is 14.3.